The fourth-order valence-electron chi connectivity index (χ4n) is 6.20. The molecule has 1 aliphatic heterocycles. The normalized spacial score (nSPS) is 16.2. The van der Waals surface area contributed by atoms with Crippen molar-refractivity contribution in [3.05, 3.63) is 125 Å². The molecule has 0 unspecified atom stereocenters. The number of carboxylic acid groups (broad SMARTS) is 1. The molecule has 44 heavy (non-hydrogen) atoms. The first kappa shape index (κ1) is 29.1. The van der Waals surface area contributed by atoms with Gasteiger partial charge in [-0.2, -0.15) is 0 Å². The van der Waals surface area contributed by atoms with Crippen LogP contribution in [0.15, 0.2) is 91.1 Å². The van der Waals surface area contributed by atoms with Crippen molar-refractivity contribution in [1.29, 1.82) is 0 Å². The molecule has 6 rings (SSSR count). The SMILES string of the molecule is Cc1ccc(C(=O)O)cc1-n1c(C)cc([C@@H]2[C@@H](c3ccccn3)NC(=S)N2CCC(=O)Nc2cccc3ccccc23)c1C. The molecule has 0 spiro atoms. The van der Waals surface area contributed by atoms with Crippen LogP contribution in [0.4, 0.5) is 5.69 Å². The van der Waals surface area contributed by atoms with Crippen molar-refractivity contribution in [1.82, 2.24) is 19.8 Å². The van der Waals surface area contributed by atoms with E-state index in [9.17, 15) is 14.7 Å². The van der Waals surface area contributed by atoms with Gasteiger partial charge in [-0.05, 0) is 85.9 Å². The van der Waals surface area contributed by atoms with Gasteiger partial charge in [0.25, 0.3) is 0 Å². The topological polar surface area (TPSA) is 99.5 Å². The lowest BCUT2D eigenvalue weighted by molar-refractivity contribution is -0.116. The third kappa shape index (κ3) is 5.42. The zero-order valence-electron chi connectivity index (χ0n) is 24.7. The minimum absolute atomic E-state index is 0.101. The fourth-order valence-corrected chi connectivity index (χ4v) is 6.53. The first-order chi connectivity index (χ1) is 21.2. The lowest BCUT2D eigenvalue weighted by Crippen LogP contribution is -2.33. The minimum atomic E-state index is -0.970. The van der Waals surface area contributed by atoms with Crippen LogP contribution >= 0.6 is 12.2 Å². The van der Waals surface area contributed by atoms with Gasteiger partial charge in [0.15, 0.2) is 5.11 Å². The molecule has 1 fully saturated rings. The summed E-state index contributed by atoms with van der Waals surface area (Å²) >= 11 is 5.87. The Bertz CT molecular complexity index is 1900. The predicted molar refractivity (Wildman–Crippen MR) is 176 cm³/mol. The molecular weight excluding hydrogens is 570 g/mol. The monoisotopic (exact) mass is 603 g/mol. The molecule has 0 radical (unpaired) electrons. The second kappa shape index (κ2) is 11.9. The zero-order chi connectivity index (χ0) is 31.0. The molecule has 1 amide bonds. The van der Waals surface area contributed by atoms with E-state index < -0.39 is 5.97 Å². The number of pyridine rings is 1. The second-order valence-corrected chi connectivity index (χ2v) is 11.5. The number of rotatable bonds is 8. The Hall–Kier alpha value is -5.02. The molecule has 1 aliphatic rings. The molecule has 3 aromatic carbocycles. The summed E-state index contributed by atoms with van der Waals surface area (Å²) in [6, 6.07) is 26.5. The molecular formula is C35H33N5O3S. The Kier molecular flexibility index (Phi) is 7.88. The van der Waals surface area contributed by atoms with Crippen molar-refractivity contribution in [2.24, 2.45) is 0 Å². The van der Waals surface area contributed by atoms with E-state index in [1.165, 1.54) is 0 Å². The van der Waals surface area contributed by atoms with Gasteiger partial charge in [0.05, 0.1) is 23.3 Å². The highest BCUT2D eigenvalue weighted by molar-refractivity contribution is 7.80. The van der Waals surface area contributed by atoms with Gasteiger partial charge in [0.2, 0.25) is 5.91 Å². The van der Waals surface area contributed by atoms with Crippen LogP contribution in [0.3, 0.4) is 0 Å². The molecule has 0 bridgehead atoms. The number of carboxylic acids is 1. The maximum absolute atomic E-state index is 13.3. The molecule has 3 N–H and O–H groups in total. The van der Waals surface area contributed by atoms with E-state index in [1.54, 1.807) is 18.3 Å². The van der Waals surface area contributed by atoms with Crippen molar-refractivity contribution in [3.8, 4) is 5.69 Å². The molecule has 0 aliphatic carbocycles. The number of carbonyl (C=O) groups is 2. The summed E-state index contributed by atoms with van der Waals surface area (Å²) < 4.78 is 2.10. The zero-order valence-corrected chi connectivity index (χ0v) is 25.6. The Morgan fingerprint density at radius 3 is 2.52 bits per heavy atom. The van der Waals surface area contributed by atoms with Crippen molar-refractivity contribution >= 4 is 45.7 Å². The number of hydrogen-bond donors (Lipinski definition) is 3. The molecule has 0 saturated carbocycles. The number of anilines is 1. The van der Waals surface area contributed by atoms with Crippen LogP contribution in [-0.2, 0) is 4.79 Å². The number of aromatic nitrogens is 2. The van der Waals surface area contributed by atoms with Crippen molar-refractivity contribution in [3.63, 3.8) is 0 Å². The number of aromatic carboxylic acids is 1. The number of amides is 1. The summed E-state index contributed by atoms with van der Waals surface area (Å²) in [7, 11) is 0. The van der Waals surface area contributed by atoms with Crippen molar-refractivity contribution < 1.29 is 14.7 Å². The van der Waals surface area contributed by atoms with Gasteiger partial charge in [-0.1, -0.05) is 48.5 Å². The minimum Gasteiger partial charge on any atom is -0.478 e. The van der Waals surface area contributed by atoms with Crippen LogP contribution in [0.2, 0.25) is 0 Å². The summed E-state index contributed by atoms with van der Waals surface area (Å²) in [5.74, 6) is -1.07. The van der Waals surface area contributed by atoms with Gasteiger partial charge < -0.3 is 25.2 Å². The van der Waals surface area contributed by atoms with Crippen molar-refractivity contribution in [2.45, 2.75) is 39.3 Å². The van der Waals surface area contributed by atoms with Gasteiger partial charge in [-0.25, -0.2) is 4.79 Å². The Morgan fingerprint density at radius 1 is 0.977 bits per heavy atom. The largest absolute Gasteiger partial charge is 0.478 e. The second-order valence-electron chi connectivity index (χ2n) is 11.1. The summed E-state index contributed by atoms with van der Waals surface area (Å²) in [4.78, 5) is 31.8. The molecule has 9 heteroatoms. The number of hydrogen-bond acceptors (Lipinski definition) is 4. The van der Waals surface area contributed by atoms with E-state index in [0.29, 0.717) is 11.7 Å². The highest BCUT2D eigenvalue weighted by atomic mass is 32.1. The van der Waals surface area contributed by atoms with Crippen LogP contribution < -0.4 is 10.6 Å². The van der Waals surface area contributed by atoms with Crippen molar-refractivity contribution in [2.75, 3.05) is 11.9 Å². The summed E-state index contributed by atoms with van der Waals surface area (Å²) in [5.41, 5.74) is 6.60. The first-order valence-corrected chi connectivity index (χ1v) is 14.9. The Labute approximate surface area is 261 Å². The van der Waals surface area contributed by atoms with E-state index in [4.69, 9.17) is 12.2 Å². The van der Waals surface area contributed by atoms with Crippen LogP contribution in [0.25, 0.3) is 16.5 Å². The standard InChI is InChI=1S/C35H33N5O3S/c1-21-14-15-25(34(42)43)20-30(21)40-22(2)19-27(23(40)3)33-32(29-12-6-7-17-36-29)38-35(44)39(33)18-16-31(41)37-28-13-8-10-24-9-4-5-11-26(24)28/h4-15,17,19-20,32-33H,16,18H2,1-3H3,(H,37,41)(H,38,44)(H,42,43)/t32-,33-/m1/s1. The number of aryl methyl sites for hydroxylation is 2. The van der Waals surface area contributed by atoms with Gasteiger partial charge in [0.1, 0.15) is 0 Å². The maximum atomic E-state index is 13.3. The molecule has 2 atom stereocenters. The van der Waals surface area contributed by atoms with Gasteiger partial charge in [-0.15, -0.1) is 0 Å². The molecule has 222 valence electrons. The smallest absolute Gasteiger partial charge is 0.335 e. The number of nitrogens with zero attached hydrogens (tertiary/aromatic N) is 3. The number of nitrogens with one attached hydrogen (secondary N) is 2. The molecule has 3 heterocycles. The maximum Gasteiger partial charge on any atom is 0.335 e. The van der Waals surface area contributed by atoms with Gasteiger partial charge >= 0.3 is 5.97 Å². The number of carbonyl (C=O) groups excluding carboxylic acids is 1. The molecule has 2 aromatic heterocycles. The first-order valence-electron chi connectivity index (χ1n) is 14.5. The average Bonchev–Trinajstić information content (AvgIpc) is 3.50. The quantitative estimate of drug-likeness (QED) is 0.171. The van der Waals surface area contributed by atoms with Crippen LogP contribution in [0.5, 0.6) is 0 Å². The summed E-state index contributed by atoms with van der Waals surface area (Å²) in [6.07, 6.45) is 2.00. The number of thiocarbonyl (C=S) groups is 1. The summed E-state index contributed by atoms with van der Waals surface area (Å²) in [5, 5.41) is 18.8. The Balaban J connectivity index is 1.34. The lowest BCUT2D eigenvalue weighted by Gasteiger charge is -2.28. The molecule has 5 aromatic rings. The molecule has 8 nitrogen and oxygen atoms in total. The van der Waals surface area contributed by atoms with E-state index in [1.807, 2.05) is 87.5 Å². The van der Waals surface area contributed by atoms with E-state index >= 15 is 0 Å². The fraction of sp³-hybridized carbons (Fsp3) is 0.200. The lowest BCUT2D eigenvalue weighted by atomic mass is 9.96. The third-order valence-electron chi connectivity index (χ3n) is 8.33. The number of benzene rings is 3. The predicted octanol–water partition coefficient (Wildman–Crippen LogP) is 6.65. The van der Waals surface area contributed by atoms with E-state index in [-0.39, 0.29) is 30.0 Å². The van der Waals surface area contributed by atoms with Gasteiger partial charge in [0, 0.05) is 47.3 Å². The summed E-state index contributed by atoms with van der Waals surface area (Å²) in [6.45, 7) is 6.43. The highest BCUT2D eigenvalue weighted by Gasteiger charge is 2.41. The van der Waals surface area contributed by atoms with Crippen LogP contribution in [0, 0.1) is 20.8 Å². The van der Waals surface area contributed by atoms with Crippen LogP contribution in [0.1, 0.15) is 57.1 Å². The third-order valence-corrected chi connectivity index (χ3v) is 8.68. The Morgan fingerprint density at radius 2 is 1.75 bits per heavy atom. The van der Waals surface area contributed by atoms with Gasteiger partial charge in [-0.3, -0.25) is 9.78 Å². The van der Waals surface area contributed by atoms with Crippen LogP contribution in [-0.4, -0.2) is 43.1 Å². The number of fused-ring (bicyclic) bond motifs is 1. The molecule has 1 saturated heterocycles. The average molecular weight is 604 g/mol. The highest BCUT2D eigenvalue weighted by Crippen LogP contribution is 2.41. The van der Waals surface area contributed by atoms with E-state index in [0.717, 1.165) is 50.4 Å². The van der Waals surface area contributed by atoms with E-state index in [2.05, 4.69) is 31.2 Å².